The summed E-state index contributed by atoms with van der Waals surface area (Å²) in [5.74, 6) is 0.709. The third-order valence-corrected chi connectivity index (χ3v) is 3.95. The molecule has 2 unspecified atom stereocenters. The lowest BCUT2D eigenvalue weighted by Gasteiger charge is -2.42. The molecule has 1 fully saturated rings. The SMILES string of the molecule is CCCN1CC(C(C)C)NCC1c1ccccc1. The number of hydrogen-bond donors (Lipinski definition) is 1. The molecule has 1 aliphatic heterocycles. The van der Waals surface area contributed by atoms with Crippen LogP contribution in [0.25, 0.3) is 0 Å². The van der Waals surface area contributed by atoms with Crippen LogP contribution in [0.4, 0.5) is 0 Å². The zero-order valence-corrected chi connectivity index (χ0v) is 11.9. The molecule has 2 heteroatoms. The van der Waals surface area contributed by atoms with Gasteiger partial charge in [-0.15, -0.1) is 0 Å². The van der Waals surface area contributed by atoms with E-state index in [4.69, 9.17) is 0 Å². The smallest absolute Gasteiger partial charge is 0.0473 e. The predicted molar refractivity (Wildman–Crippen MR) is 77.7 cm³/mol. The fourth-order valence-corrected chi connectivity index (χ4v) is 2.82. The summed E-state index contributed by atoms with van der Waals surface area (Å²) in [5, 5.41) is 3.71. The molecule has 1 N–H and O–H groups in total. The fourth-order valence-electron chi connectivity index (χ4n) is 2.82. The maximum Gasteiger partial charge on any atom is 0.0473 e. The lowest BCUT2D eigenvalue weighted by molar-refractivity contribution is 0.113. The van der Waals surface area contributed by atoms with Gasteiger partial charge in [-0.2, -0.15) is 0 Å². The van der Waals surface area contributed by atoms with Crippen LogP contribution in [0.1, 0.15) is 38.8 Å². The van der Waals surface area contributed by atoms with Gasteiger partial charge in [0.25, 0.3) is 0 Å². The van der Waals surface area contributed by atoms with E-state index in [1.54, 1.807) is 0 Å². The van der Waals surface area contributed by atoms with E-state index in [1.807, 2.05) is 0 Å². The van der Waals surface area contributed by atoms with E-state index in [2.05, 4.69) is 61.3 Å². The second kappa shape index (κ2) is 6.35. The van der Waals surface area contributed by atoms with Gasteiger partial charge in [0.1, 0.15) is 0 Å². The van der Waals surface area contributed by atoms with Gasteiger partial charge in [0.15, 0.2) is 0 Å². The molecule has 0 amide bonds. The molecule has 1 saturated heterocycles. The zero-order valence-electron chi connectivity index (χ0n) is 11.9. The van der Waals surface area contributed by atoms with Crippen molar-refractivity contribution in [2.45, 2.75) is 39.3 Å². The van der Waals surface area contributed by atoms with Crippen molar-refractivity contribution in [3.63, 3.8) is 0 Å². The van der Waals surface area contributed by atoms with Crippen molar-refractivity contribution in [3.8, 4) is 0 Å². The van der Waals surface area contributed by atoms with Gasteiger partial charge in [-0.3, -0.25) is 4.90 Å². The fraction of sp³-hybridized carbons (Fsp3) is 0.625. The Labute approximate surface area is 111 Å². The highest BCUT2D eigenvalue weighted by Crippen LogP contribution is 2.25. The standard InChI is InChI=1S/C16H26N2/c1-4-10-18-12-15(13(2)3)17-11-16(18)14-8-6-5-7-9-14/h5-9,13,15-17H,4,10-12H2,1-3H3. The molecule has 0 saturated carbocycles. The Kier molecular flexibility index (Phi) is 4.79. The zero-order chi connectivity index (χ0) is 13.0. The Morgan fingerprint density at radius 3 is 2.61 bits per heavy atom. The molecule has 2 atom stereocenters. The van der Waals surface area contributed by atoms with Gasteiger partial charge in [-0.25, -0.2) is 0 Å². The second-order valence-electron chi connectivity index (χ2n) is 5.68. The molecule has 100 valence electrons. The minimum atomic E-state index is 0.543. The monoisotopic (exact) mass is 246 g/mol. The number of hydrogen-bond acceptors (Lipinski definition) is 2. The minimum Gasteiger partial charge on any atom is -0.311 e. The molecule has 1 heterocycles. The highest BCUT2D eigenvalue weighted by molar-refractivity contribution is 5.20. The van der Waals surface area contributed by atoms with E-state index < -0.39 is 0 Å². The summed E-state index contributed by atoms with van der Waals surface area (Å²) in [6.07, 6.45) is 1.23. The first-order chi connectivity index (χ1) is 8.72. The summed E-state index contributed by atoms with van der Waals surface area (Å²) >= 11 is 0. The van der Waals surface area contributed by atoms with Crippen LogP contribution in [0.5, 0.6) is 0 Å². The van der Waals surface area contributed by atoms with Crippen molar-refractivity contribution in [1.29, 1.82) is 0 Å². The van der Waals surface area contributed by atoms with Crippen molar-refractivity contribution in [3.05, 3.63) is 35.9 Å². The number of rotatable bonds is 4. The van der Waals surface area contributed by atoms with E-state index in [-0.39, 0.29) is 0 Å². The average molecular weight is 246 g/mol. The number of nitrogens with one attached hydrogen (secondary N) is 1. The second-order valence-corrected chi connectivity index (χ2v) is 5.68. The summed E-state index contributed by atoms with van der Waals surface area (Å²) in [7, 11) is 0. The van der Waals surface area contributed by atoms with Gasteiger partial charge in [0.2, 0.25) is 0 Å². The summed E-state index contributed by atoms with van der Waals surface area (Å²) in [4.78, 5) is 2.65. The Morgan fingerprint density at radius 1 is 1.28 bits per heavy atom. The van der Waals surface area contributed by atoms with Crippen molar-refractivity contribution in [2.75, 3.05) is 19.6 Å². The first-order valence-electron chi connectivity index (χ1n) is 7.24. The van der Waals surface area contributed by atoms with Crippen molar-refractivity contribution >= 4 is 0 Å². The summed E-state index contributed by atoms with van der Waals surface area (Å²) in [6.45, 7) is 10.3. The highest BCUT2D eigenvalue weighted by Gasteiger charge is 2.29. The summed E-state index contributed by atoms with van der Waals surface area (Å²) in [5.41, 5.74) is 1.45. The largest absolute Gasteiger partial charge is 0.311 e. The highest BCUT2D eigenvalue weighted by atomic mass is 15.2. The molecule has 0 radical (unpaired) electrons. The van der Waals surface area contributed by atoms with Crippen LogP contribution in [0.15, 0.2) is 30.3 Å². The van der Waals surface area contributed by atoms with E-state index in [0.717, 1.165) is 6.54 Å². The van der Waals surface area contributed by atoms with Crippen LogP contribution in [0, 0.1) is 5.92 Å². The van der Waals surface area contributed by atoms with E-state index >= 15 is 0 Å². The molecule has 2 nitrogen and oxygen atoms in total. The molecule has 0 bridgehead atoms. The lowest BCUT2D eigenvalue weighted by atomic mass is 9.96. The minimum absolute atomic E-state index is 0.543. The normalized spacial score (nSPS) is 25.6. The van der Waals surface area contributed by atoms with Gasteiger partial charge < -0.3 is 5.32 Å². The Morgan fingerprint density at radius 2 is 2.00 bits per heavy atom. The van der Waals surface area contributed by atoms with Crippen molar-refractivity contribution in [2.24, 2.45) is 5.92 Å². The van der Waals surface area contributed by atoms with Crippen LogP contribution in [0.3, 0.4) is 0 Å². The molecule has 18 heavy (non-hydrogen) atoms. The maximum atomic E-state index is 3.71. The Balaban J connectivity index is 2.10. The van der Waals surface area contributed by atoms with E-state index in [1.165, 1.54) is 25.1 Å². The first-order valence-corrected chi connectivity index (χ1v) is 7.24. The molecular weight excluding hydrogens is 220 g/mol. The molecule has 1 aromatic rings. The number of benzene rings is 1. The van der Waals surface area contributed by atoms with Crippen LogP contribution < -0.4 is 5.32 Å². The maximum absolute atomic E-state index is 3.71. The van der Waals surface area contributed by atoms with Crippen LogP contribution in [0.2, 0.25) is 0 Å². The van der Waals surface area contributed by atoms with Crippen LogP contribution in [-0.2, 0) is 0 Å². The van der Waals surface area contributed by atoms with Gasteiger partial charge in [0.05, 0.1) is 0 Å². The Hall–Kier alpha value is -0.860. The number of piperazine rings is 1. The van der Waals surface area contributed by atoms with E-state index in [9.17, 15) is 0 Å². The lowest BCUT2D eigenvalue weighted by Crippen LogP contribution is -2.54. The third kappa shape index (κ3) is 3.12. The Bertz CT molecular complexity index is 347. The predicted octanol–water partition coefficient (Wildman–Crippen LogP) is 3.07. The number of nitrogens with zero attached hydrogens (tertiary/aromatic N) is 1. The van der Waals surface area contributed by atoms with Gasteiger partial charge in [0, 0.05) is 25.2 Å². The molecule has 0 aromatic heterocycles. The molecule has 0 aliphatic carbocycles. The van der Waals surface area contributed by atoms with Gasteiger partial charge in [-0.1, -0.05) is 51.1 Å². The average Bonchev–Trinajstić information content (AvgIpc) is 2.40. The molecule has 0 spiro atoms. The van der Waals surface area contributed by atoms with Crippen molar-refractivity contribution in [1.82, 2.24) is 10.2 Å². The molecule has 1 aromatic carbocycles. The quantitative estimate of drug-likeness (QED) is 0.878. The molecular formula is C16H26N2. The van der Waals surface area contributed by atoms with Crippen LogP contribution in [-0.4, -0.2) is 30.6 Å². The summed E-state index contributed by atoms with van der Waals surface area (Å²) < 4.78 is 0. The van der Waals surface area contributed by atoms with E-state index in [0.29, 0.717) is 18.0 Å². The summed E-state index contributed by atoms with van der Waals surface area (Å²) in [6, 6.07) is 12.1. The molecule has 2 rings (SSSR count). The topological polar surface area (TPSA) is 15.3 Å². The van der Waals surface area contributed by atoms with Crippen molar-refractivity contribution < 1.29 is 0 Å². The molecule has 1 aliphatic rings. The first kappa shape index (κ1) is 13.6. The third-order valence-electron chi connectivity index (χ3n) is 3.95. The van der Waals surface area contributed by atoms with Crippen LogP contribution >= 0.6 is 0 Å². The van der Waals surface area contributed by atoms with Gasteiger partial charge >= 0.3 is 0 Å². The van der Waals surface area contributed by atoms with Gasteiger partial charge in [-0.05, 0) is 24.4 Å².